The summed E-state index contributed by atoms with van der Waals surface area (Å²) in [4.78, 5) is 2.55. The molecule has 114 valence electrons. The van der Waals surface area contributed by atoms with Crippen LogP contribution in [0.1, 0.15) is 72.6 Å². The van der Waals surface area contributed by atoms with Crippen LogP contribution in [0.5, 0.6) is 0 Å². The lowest BCUT2D eigenvalue weighted by molar-refractivity contribution is 0.136. The molecule has 0 saturated heterocycles. The second-order valence-electron chi connectivity index (χ2n) is 7.76. The first kappa shape index (κ1) is 17.0. The molecular formula is C17H36N2. The van der Waals surface area contributed by atoms with Gasteiger partial charge in [0.2, 0.25) is 0 Å². The Morgan fingerprint density at radius 1 is 1.05 bits per heavy atom. The van der Waals surface area contributed by atoms with Crippen LogP contribution >= 0.6 is 0 Å². The smallest absolute Gasteiger partial charge is 0.00967 e. The third-order valence-electron chi connectivity index (χ3n) is 4.37. The molecule has 0 spiro atoms. The maximum atomic E-state index is 3.78. The van der Waals surface area contributed by atoms with E-state index in [-0.39, 0.29) is 5.54 Å². The average Bonchev–Trinajstić information content (AvgIpc) is 2.52. The van der Waals surface area contributed by atoms with Crippen molar-refractivity contribution in [2.75, 3.05) is 26.7 Å². The van der Waals surface area contributed by atoms with E-state index >= 15 is 0 Å². The van der Waals surface area contributed by atoms with Crippen molar-refractivity contribution in [3.05, 3.63) is 0 Å². The van der Waals surface area contributed by atoms with Crippen molar-refractivity contribution in [2.45, 2.75) is 78.2 Å². The summed E-state index contributed by atoms with van der Waals surface area (Å²) in [7, 11) is 2.30. The standard InChI is InChI=1S/C17H36N2/c1-6-13-19(5)15-17(14-18-16(2,3)4)11-9-7-8-10-12-17/h18H,6-15H2,1-5H3. The Labute approximate surface area is 121 Å². The number of nitrogens with one attached hydrogen (secondary N) is 1. The van der Waals surface area contributed by atoms with Crippen LogP contribution in [0.2, 0.25) is 0 Å². The second kappa shape index (κ2) is 7.64. The van der Waals surface area contributed by atoms with Gasteiger partial charge in [-0.2, -0.15) is 0 Å². The number of hydrogen-bond donors (Lipinski definition) is 1. The zero-order valence-electron chi connectivity index (χ0n) is 14.0. The van der Waals surface area contributed by atoms with Gasteiger partial charge in [-0.3, -0.25) is 0 Å². The molecule has 0 aliphatic heterocycles. The molecule has 0 aromatic rings. The molecule has 19 heavy (non-hydrogen) atoms. The van der Waals surface area contributed by atoms with Crippen LogP contribution in [0.3, 0.4) is 0 Å². The van der Waals surface area contributed by atoms with E-state index in [2.05, 4.69) is 45.0 Å². The van der Waals surface area contributed by atoms with Crippen molar-refractivity contribution in [1.82, 2.24) is 10.2 Å². The molecule has 1 aliphatic carbocycles. The molecule has 0 bridgehead atoms. The van der Waals surface area contributed by atoms with Crippen LogP contribution in [-0.2, 0) is 0 Å². The van der Waals surface area contributed by atoms with E-state index < -0.39 is 0 Å². The third kappa shape index (κ3) is 6.76. The van der Waals surface area contributed by atoms with E-state index in [0.29, 0.717) is 5.41 Å². The van der Waals surface area contributed by atoms with E-state index in [1.54, 1.807) is 0 Å². The first-order chi connectivity index (χ1) is 8.87. The SMILES string of the molecule is CCCN(C)CC1(CNC(C)(C)C)CCCCCC1. The van der Waals surface area contributed by atoms with Crippen molar-refractivity contribution in [3.8, 4) is 0 Å². The summed E-state index contributed by atoms with van der Waals surface area (Å²) in [6, 6.07) is 0. The van der Waals surface area contributed by atoms with E-state index in [1.165, 1.54) is 64.6 Å². The lowest BCUT2D eigenvalue weighted by Crippen LogP contribution is -2.48. The predicted molar refractivity (Wildman–Crippen MR) is 85.7 cm³/mol. The topological polar surface area (TPSA) is 15.3 Å². The lowest BCUT2D eigenvalue weighted by Gasteiger charge is -2.39. The highest BCUT2D eigenvalue weighted by Crippen LogP contribution is 2.35. The molecule has 1 aliphatic rings. The molecular weight excluding hydrogens is 232 g/mol. The minimum absolute atomic E-state index is 0.239. The number of rotatable bonds is 6. The average molecular weight is 268 g/mol. The van der Waals surface area contributed by atoms with Crippen molar-refractivity contribution in [2.24, 2.45) is 5.41 Å². The van der Waals surface area contributed by atoms with Crippen molar-refractivity contribution in [3.63, 3.8) is 0 Å². The zero-order valence-corrected chi connectivity index (χ0v) is 14.0. The van der Waals surface area contributed by atoms with Crippen LogP contribution in [0, 0.1) is 5.41 Å². The van der Waals surface area contributed by atoms with Crippen LogP contribution in [-0.4, -0.2) is 37.1 Å². The summed E-state index contributed by atoms with van der Waals surface area (Å²) >= 11 is 0. The van der Waals surface area contributed by atoms with E-state index in [4.69, 9.17) is 0 Å². The summed E-state index contributed by atoms with van der Waals surface area (Å²) in [6.07, 6.45) is 9.80. The Hall–Kier alpha value is -0.0800. The number of hydrogen-bond acceptors (Lipinski definition) is 2. The van der Waals surface area contributed by atoms with Crippen molar-refractivity contribution < 1.29 is 0 Å². The van der Waals surface area contributed by atoms with Gasteiger partial charge in [0.15, 0.2) is 0 Å². The lowest BCUT2D eigenvalue weighted by atomic mass is 9.79. The molecule has 1 fully saturated rings. The molecule has 0 atom stereocenters. The number of nitrogens with zero attached hydrogens (tertiary/aromatic N) is 1. The van der Waals surface area contributed by atoms with E-state index in [9.17, 15) is 0 Å². The van der Waals surface area contributed by atoms with Gasteiger partial charge >= 0.3 is 0 Å². The van der Waals surface area contributed by atoms with Gasteiger partial charge in [-0.25, -0.2) is 0 Å². The van der Waals surface area contributed by atoms with Gasteiger partial charge in [-0.1, -0.05) is 32.6 Å². The van der Waals surface area contributed by atoms with Crippen molar-refractivity contribution in [1.29, 1.82) is 0 Å². The highest BCUT2D eigenvalue weighted by molar-refractivity contribution is 4.88. The van der Waals surface area contributed by atoms with Gasteiger partial charge in [0.25, 0.3) is 0 Å². The summed E-state index contributed by atoms with van der Waals surface area (Å²) in [5.41, 5.74) is 0.746. The fraction of sp³-hybridized carbons (Fsp3) is 1.00. The second-order valence-corrected chi connectivity index (χ2v) is 7.76. The van der Waals surface area contributed by atoms with Crippen LogP contribution in [0.15, 0.2) is 0 Å². The van der Waals surface area contributed by atoms with Crippen LogP contribution < -0.4 is 5.32 Å². The molecule has 0 unspecified atom stereocenters. The maximum absolute atomic E-state index is 3.78. The molecule has 0 aromatic carbocycles. The predicted octanol–water partition coefficient (Wildman–Crippen LogP) is 4.06. The Balaban J connectivity index is 2.65. The molecule has 0 heterocycles. The van der Waals surface area contributed by atoms with Gasteiger partial charge in [0.1, 0.15) is 0 Å². The summed E-state index contributed by atoms with van der Waals surface area (Å²) < 4.78 is 0. The molecule has 1 rings (SSSR count). The normalized spacial score (nSPS) is 20.5. The highest BCUT2D eigenvalue weighted by Gasteiger charge is 2.32. The van der Waals surface area contributed by atoms with Gasteiger partial charge in [-0.05, 0) is 59.0 Å². The third-order valence-corrected chi connectivity index (χ3v) is 4.37. The summed E-state index contributed by atoms with van der Waals surface area (Å²) in [6.45, 7) is 12.8. The summed E-state index contributed by atoms with van der Waals surface area (Å²) in [5.74, 6) is 0. The van der Waals surface area contributed by atoms with Gasteiger partial charge in [0.05, 0.1) is 0 Å². The maximum Gasteiger partial charge on any atom is 0.00967 e. The fourth-order valence-electron chi connectivity index (χ4n) is 3.36. The quantitative estimate of drug-likeness (QED) is 0.731. The van der Waals surface area contributed by atoms with Gasteiger partial charge in [0, 0.05) is 18.6 Å². The fourth-order valence-corrected chi connectivity index (χ4v) is 3.36. The Morgan fingerprint density at radius 3 is 2.11 bits per heavy atom. The van der Waals surface area contributed by atoms with E-state index in [1.807, 2.05) is 0 Å². The molecule has 2 heteroatoms. The summed E-state index contributed by atoms with van der Waals surface area (Å²) in [5, 5.41) is 3.78. The largest absolute Gasteiger partial charge is 0.311 e. The first-order valence-electron chi connectivity index (χ1n) is 8.30. The minimum Gasteiger partial charge on any atom is -0.311 e. The molecule has 0 amide bonds. The molecule has 0 aromatic heterocycles. The van der Waals surface area contributed by atoms with Gasteiger partial charge < -0.3 is 10.2 Å². The van der Waals surface area contributed by atoms with E-state index in [0.717, 1.165) is 0 Å². The van der Waals surface area contributed by atoms with Gasteiger partial charge in [-0.15, -0.1) is 0 Å². The Kier molecular flexibility index (Phi) is 6.82. The zero-order chi connectivity index (χ0) is 14.4. The molecule has 2 nitrogen and oxygen atoms in total. The molecule has 1 saturated carbocycles. The first-order valence-corrected chi connectivity index (χ1v) is 8.30. The van der Waals surface area contributed by atoms with Crippen LogP contribution in [0.4, 0.5) is 0 Å². The Bertz CT molecular complexity index is 234. The van der Waals surface area contributed by atoms with Crippen LogP contribution in [0.25, 0.3) is 0 Å². The minimum atomic E-state index is 0.239. The molecule has 0 radical (unpaired) electrons. The molecule has 1 N–H and O–H groups in total. The van der Waals surface area contributed by atoms with Crippen molar-refractivity contribution >= 4 is 0 Å². The Morgan fingerprint density at radius 2 is 1.63 bits per heavy atom. The monoisotopic (exact) mass is 268 g/mol. The highest BCUT2D eigenvalue weighted by atomic mass is 15.1.